The summed E-state index contributed by atoms with van der Waals surface area (Å²) in [5.41, 5.74) is 2.22. The predicted molar refractivity (Wildman–Crippen MR) is 81.2 cm³/mol. The Morgan fingerprint density at radius 1 is 0.955 bits per heavy atom. The van der Waals surface area contributed by atoms with Gasteiger partial charge in [0.15, 0.2) is 5.82 Å². The lowest BCUT2D eigenvalue weighted by Crippen LogP contribution is -1.98. The van der Waals surface area contributed by atoms with Crippen molar-refractivity contribution in [2.45, 2.75) is 13.3 Å². The zero-order chi connectivity index (χ0) is 15.7. The minimum Gasteiger partial charge on any atom is -0.508 e. The average molecular weight is 297 g/mol. The molecule has 0 bridgehead atoms. The minimum absolute atomic E-state index is 0.0520. The van der Waals surface area contributed by atoms with E-state index in [9.17, 15) is 15.3 Å². The van der Waals surface area contributed by atoms with Crippen molar-refractivity contribution >= 4 is 0 Å². The first-order valence-corrected chi connectivity index (χ1v) is 6.86. The monoisotopic (exact) mass is 297 g/mol. The van der Waals surface area contributed by atoms with E-state index in [1.54, 1.807) is 0 Å². The molecule has 3 N–H and O–H groups in total. The molecule has 1 heterocycles. The Bertz CT molecular complexity index is 810. The molecule has 0 aliphatic rings. The summed E-state index contributed by atoms with van der Waals surface area (Å²) >= 11 is 0. The van der Waals surface area contributed by atoms with Gasteiger partial charge < -0.3 is 15.3 Å². The number of phenols is 2. The van der Waals surface area contributed by atoms with E-state index >= 15 is 0 Å². The summed E-state index contributed by atoms with van der Waals surface area (Å²) in [7, 11) is 0. The Balaban J connectivity index is 2.14. The van der Waals surface area contributed by atoms with Crippen molar-refractivity contribution in [3.05, 3.63) is 48.0 Å². The molecule has 6 nitrogen and oxygen atoms in total. The topological polar surface area (TPSA) is 91.4 Å². The largest absolute Gasteiger partial charge is 0.508 e. The van der Waals surface area contributed by atoms with Crippen LogP contribution >= 0.6 is 0 Å². The van der Waals surface area contributed by atoms with Crippen LogP contribution in [0.25, 0.3) is 17.1 Å². The summed E-state index contributed by atoms with van der Waals surface area (Å²) in [5, 5.41) is 36.9. The van der Waals surface area contributed by atoms with Crippen LogP contribution < -0.4 is 0 Å². The second kappa shape index (κ2) is 5.40. The number of benzene rings is 2. The molecule has 0 unspecified atom stereocenters. The van der Waals surface area contributed by atoms with Crippen LogP contribution in [-0.4, -0.2) is 30.1 Å². The van der Waals surface area contributed by atoms with Gasteiger partial charge in [-0.15, -0.1) is 5.10 Å². The van der Waals surface area contributed by atoms with E-state index in [4.69, 9.17) is 0 Å². The molecule has 1 aromatic heterocycles. The highest BCUT2D eigenvalue weighted by Gasteiger charge is 2.17. The highest BCUT2D eigenvalue weighted by Crippen LogP contribution is 2.33. The van der Waals surface area contributed by atoms with Crippen molar-refractivity contribution in [3.63, 3.8) is 0 Å². The van der Waals surface area contributed by atoms with E-state index in [1.165, 1.54) is 28.3 Å². The van der Waals surface area contributed by atoms with Crippen molar-refractivity contribution in [3.8, 4) is 34.6 Å². The maximum absolute atomic E-state index is 9.98. The molecular weight excluding hydrogens is 282 g/mol. The molecule has 0 aliphatic heterocycles. The Kier molecular flexibility index (Phi) is 3.42. The maximum atomic E-state index is 9.98. The van der Waals surface area contributed by atoms with Crippen molar-refractivity contribution in [2.24, 2.45) is 0 Å². The van der Waals surface area contributed by atoms with Gasteiger partial charge in [-0.1, -0.05) is 24.2 Å². The van der Waals surface area contributed by atoms with Crippen LogP contribution in [0.2, 0.25) is 0 Å². The normalized spacial score (nSPS) is 10.8. The van der Waals surface area contributed by atoms with Gasteiger partial charge in [0.2, 0.25) is 0 Å². The molecule has 0 saturated carbocycles. The lowest BCUT2D eigenvalue weighted by molar-refractivity contribution is 0.420. The second-order valence-corrected chi connectivity index (χ2v) is 4.88. The van der Waals surface area contributed by atoms with Gasteiger partial charge in [-0.25, -0.2) is 4.57 Å². The lowest BCUT2D eigenvalue weighted by Gasteiger charge is -2.09. The fourth-order valence-electron chi connectivity index (χ4n) is 2.28. The summed E-state index contributed by atoms with van der Waals surface area (Å²) in [5.74, 6) is 0.0990. The smallest absolute Gasteiger partial charge is 0.319 e. The van der Waals surface area contributed by atoms with Crippen LogP contribution in [0.4, 0.5) is 0 Å². The number of aryl methyl sites for hydroxylation is 1. The summed E-state index contributed by atoms with van der Waals surface area (Å²) in [6.45, 7) is 2.06. The molecule has 0 radical (unpaired) electrons. The van der Waals surface area contributed by atoms with E-state index in [0.717, 1.165) is 6.42 Å². The van der Waals surface area contributed by atoms with Crippen molar-refractivity contribution in [2.75, 3.05) is 0 Å². The van der Waals surface area contributed by atoms with Crippen molar-refractivity contribution < 1.29 is 15.3 Å². The van der Waals surface area contributed by atoms with Gasteiger partial charge >= 0.3 is 6.01 Å². The summed E-state index contributed by atoms with van der Waals surface area (Å²) in [4.78, 5) is 0. The van der Waals surface area contributed by atoms with Gasteiger partial charge in [-0.05, 0) is 36.2 Å². The number of aromatic nitrogens is 3. The lowest BCUT2D eigenvalue weighted by atomic mass is 10.1. The van der Waals surface area contributed by atoms with Gasteiger partial charge in [0.1, 0.15) is 11.5 Å². The molecule has 22 heavy (non-hydrogen) atoms. The quantitative estimate of drug-likeness (QED) is 0.691. The Morgan fingerprint density at radius 2 is 1.68 bits per heavy atom. The van der Waals surface area contributed by atoms with Gasteiger partial charge in [0, 0.05) is 6.07 Å². The van der Waals surface area contributed by atoms with E-state index in [2.05, 4.69) is 17.1 Å². The summed E-state index contributed by atoms with van der Waals surface area (Å²) in [6.07, 6.45) is 0.917. The third-order valence-corrected chi connectivity index (χ3v) is 3.47. The molecule has 2 aromatic carbocycles. The van der Waals surface area contributed by atoms with Crippen LogP contribution in [-0.2, 0) is 6.42 Å². The third kappa shape index (κ3) is 2.35. The highest BCUT2D eigenvalue weighted by molar-refractivity contribution is 5.67. The van der Waals surface area contributed by atoms with Crippen LogP contribution in [0.1, 0.15) is 12.5 Å². The first-order valence-electron chi connectivity index (χ1n) is 6.86. The molecule has 0 saturated heterocycles. The molecule has 3 rings (SSSR count). The van der Waals surface area contributed by atoms with Gasteiger partial charge in [0.25, 0.3) is 0 Å². The van der Waals surface area contributed by atoms with Crippen LogP contribution in [0, 0.1) is 0 Å². The minimum atomic E-state index is -0.272. The fraction of sp³-hybridized carbons (Fsp3) is 0.125. The highest BCUT2D eigenvalue weighted by atomic mass is 16.3. The number of hydrogen-bond donors (Lipinski definition) is 3. The number of rotatable bonds is 3. The molecule has 0 spiro atoms. The van der Waals surface area contributed by atoms with E-state index in [-0.39, 0.29) is 17.5 Å². The number of hydrogen-bond acceptors (Lipinski definition) is 5. The first-order chi connectivity index (χ1) is 10.6. The molecule has 3 aromatic rings. The molecule has 6 heteroatoms. The van der Waals surface area contributed by atoms with Gasteiger partial charge in [-0.2, -0.15) is 0 Å². The van der Waals surface area contributed by atoms with E-state index in [1.807, 2.05) is 24.3 Å². The molecule has 0 amide bonds. The van der Waals surface area contributed by atoms with Crippen molar-refractivity contribution in [1.82, 2.24) is 14.8 Å². The summed E-state index contributed by atoms with van der Waals surface area (Å²) in [6, 6.07) is 11.5. The zero-order valence-electron chi connectivity index (χ0n) is 11.9. The molecule has 0 fully saturated rings. The second-order valence-electron chi connectivity index (χ2n) is 4.88. The first kappa shape index (κ1) is 13.9. The fourth-order valence-corrected chi connectivity index (χ4v) is 2.28. The SMILES string of the molecule is CCc1ccc(-n2c(O)nnc2-c2ccc(O)cc2O)cc1. The Hall–Kier alpha value is -3.02. The number of nitrogens with zero attached hydrogens (tertiary/aromatic N) is 3. The average Bonchev–Trinajstić information content (AvgIpc) is 2.89. The molecular formula is C16H15N3O3. The van der Waals surface area contributed by atoms with Crippen LogP contribution in [0.15, 0.2) is 42.5 Å². The maximum Gasteiger partial charge on any atom is 0.319 e. The standard InChI is InChI=1S/C16H15N3O3/c1-2-10-3-5-11(6-4-10)19-15(17-18-16(19)22)13-8-7-12(20)9-14(13)21/h3-9,20-21H,2H2,1H3,(H,18,22). The van der Waals surface area contributed by atoms with Crippen LogP contribution in [0.3, 0.4) is 0 Å². The predicted octanol–water partition coefficient (Wildman–Crippen LogP) is 2.61. The van der Waals surface area contributed by atoms with E-state index < -0.39 is 0 Å². The number of aromatic hydroxyl groups is 3. The van der Waals surface area contributed by atoms with E-state index in [0.29, 0.717) is 17.1 Å². The summed E-state index contributed by atoms with van der Waals surface area (Å²) < 4.78 is 1.44. The zero-order valence-corrected chi connectivity index (χ0v) is 11.9. The van der Waals surface area contributed by atoms with Crippen LogP contribution in [0.5, 0.6) is 17.5 Å². The Labute approximate surface area is 126 Å². The Morgan fingerprint density at radius 3 is 2.32 bits per heavy atom. The number of phenolic OH excluding ortho intramolecular Hbond substituents is 2. The van der Waals surface area contributed by atoms with Gasteiger partial charge in [-0.3, -0.25) is 0 Å². The molecule has 0 aliphatic carbocycles. The molecule has 0 atom stereocenters. The van der Waals surface area contributed by atoms with Crippen molar-refractivity contribution in [1.29, 1.82) is 0 Å². The third-order valence-electron chi connectivity index (χ3n) is 3.47. The molecule has 112 valence electrons. The van der Waals surface area contributed by atoms with Gasteiger partial charge in [0.05, 0.1) is 11.3 Å².